The zero-order valence-electron chi connectivity index (χ0n) is 16.9. The van der Waals surface area contributed by atoms with Crippen LogP contribution in [0.25, 0.3) is 0 Å². The molecule has 0 aromatic carbocycles. The van der Waals surface area contributed by atoms with E-state index in [9.17, 15) is 4.79 Å². The number of allylic oxidation sites excluding steroid dienone is 7. The zero-order valence-corrected chi connectivity index (χ0v) is 16.9. The maximum atomic E-state index is 11.6. The van der Waals surface area contributed by atoms with Crippen molar-refractivity contribution >= 4 is 5.91 Å². The van der Waals surface area contributed by atoms with E-state index in [1.807, 2.05) is 6.92 Å². The third kappa shape index (κ3) is 12.9. The first kappa shape index (κ1) is 22.4. The predicted octanol–water partition coefficient (Wildman–Crippen LogP) is 6.22. The van der Waals surface area contributed by atoms with Crippen molar-refractivity contribution in [3.8, 4) is 0 Å². The van der Waals surface area contributed by atoms with Crippen LogP contribution >= 0.6 is 0 Å². The van der Waals surface area contributed by atoms with Crippen molar-refractivity contribution in [2.24, 2.45) is 0 Å². The topological polar surface area (TPSA) is 20.3 Å². The van der Waals surface area contributed by atoms with Crippen LogP contribution in [-0.4, -0.2) is 24.9 Å². The Hall–Kier alpha value is -1.57. The van der Waals surface area contributed by atoms with Crippen LogP contribution < -0.4 is 0 Å². The monoisotopic (exact) mass is 331 g/mol. The van der Waals surface area contributed by atoms with Crippen LogP contribution in [0.4, 0.5) is 0 Å². The minimum absolute atomic E-state index is 0.0712. The second-order valence-electron chi connectivity index (χ2n) is 7.22. The van der Waals surface area contributed by atoms with Crippen LogP contribution in [-0.2, 0) is 4.79 Å². The Bertz CT molecular complexity index is 500. The molecule has 0 heterocycles. The first-order chi connectivity index (χ1) is 11.2. The average molecular weight is 332 g/mol. The van der Waals surface area contributed by atoms with Gasteiger partial charge in [0.05, 0.1) is 0 Å². The number of hydrogen-bond acceptors (Lipinski definition) is 1. The van der Waals surface area contributed by atoms with Gasteiger partial charge in [0.15, 0.2) is 0 Å². The Balaban J connectivity index is 4.11. The highest BCUT2D eigenvalue weighted by Crippen LogP contribution is 2.13. The first-order valence-electron chi connectivity index (χ1n) is 9.05. The van der Waals surface area contributed by atoms with Crippen molar-refractivity contribution < 1.29 is 4.79 Å². The van der Waals surface area contributed by atoms with Crippen molar-refractivity contribution in [3.05, 3.63) is 46.6 Å². The van der Waals surface area contributed by atoms with E-state index in [1.165, 1.54) is 16.7 Å². The van der Waals surface area contributed by atoms with Gasteiger partial charge in [-0.25, -0.2) is 0 Å². The Morgan fingerprint density at radius 2 is 1.12 bits per heavy atom. The van der Waals surface area contributed by atoms with E-state index in [0.29, 0.717) is 0 Å². The molecular weight excluding hydrogens is 294 g/mol. The summed E-state index contributed by atoms with van der Waals surface area (Å²) in [6.07, 6.45) is 15.2. The van der Waals surface area contributed by atoms with Crippen LogP contribution in [0.15, 0.2) is 46.6 Å². The van der Waals surface area contributed by atoms with Crippen LogP contribution in [0, 0.1) is 0 Å². The lowest BCUT2D eigenvalue weighted by atomic mass is 10.0. The Morgan fingerprint density at radius 1 is 0.708 bits per heavy atom. The van der Waals surface area contributed by atoms with Gasteiger partial charge in [0.1, 0.15) is 0 Å². The molecule has 0 spiro atoms. The van der Waals surface area contributed by atoms with Crippen LogP contribution in [0.2, 0.25) is 0 Å². The molecule has 0 atom stereocenters. The smallest absolute Gasteiger partial charge is 0.245 e. The van der Waals surface area contributed by atoms with Gasteiger partial charge in [-0.3, -0.25) is 4.79 Å². The third-order valence-electron chi connectivity index (χ3n) is 3.96. The molecule has 0 aromatic rings. The Labute approximate surface area is 150 Å². The average Bonchev–Trinajstić information content (AvgIpc) is 2.46. The van der Waals surface area contributed by atoms with E-state index >= 15 is 0 Å². The fraction of sp³-hybridized carbons (Fsp3) is 0.591. The summed E-state index contributed by atoms with van der Waals surface area (Å²) in [6.45, 7) is 10.8. The van der Waals surface area contributed by atoms with Crippen molar-refractivity contribution in [3.63, 3.8) is 0 Å². The van der Waals surface area contributed by atoms with E-state index in [-0.39, 0.29) is 5.91 Å². The van der Waals surface area contributed by atoms with Gasteiger partial charge in [-0.1, -0.05) is 40.5 Å². The molecule has 0 aliphatic carbocycles. The first-order valence-corrected chi connectivity index (χ1v) is 9.05. The maximum absolute atomic E-state index is 11.6. The molecule has 0 N–H and O–H groups in total. The van der Waals surface area contributed by atoms with Crippen molar-refractivity contribution in [2.75, 3.05) is 14.1 Å². The van der Waals surface area contributed by atoms with Crippen LogP contribution in [0.1, 0.15) is 73.1 Å². The lowest BCUT2D eigenvalue weighted by molar-refractivity contribution is -0.123. The summed E-state index contributed by atoms with van der Waals surface area (Å²) in [5, 5.41) is 0. The summed E-state index contributed by atoms with van der Waals surface area (Å²) in [4.78, 5) is 13.2. The van der Waals surface area contributed by atoms with Crippen molar-refractivity contribution in [2.45, 2.75) is 73.1 Å². The van der Waals surface area contributed by atoms with E-state index in [4.69, 9.17) is 0 Å². The lowest BCUT2D eigenvalue weighted by Crippen LogP contribution is -2.19. The van der Waals surface area contributed by atoms with Gasteiger partial charge in [0, 0.05) is 20.2 Å². The summed E-state index contributed by atoms with van der Waals surface area (Å²) in [5.41, 5.74) is 5.47. The number of carbonyl (C=O) groups is 1. The second kappa shape index (κ2) is 12.8. The summed E-state index contributed by atoms with van der Waals surface area (Å²) in [6, 6.07) is 0. The molecule has 0 aromatic heterocycles. The van der Waals surface area contributed by atoms with E-state index in [0.717, 1.165) is 44.1 Å². The summed E-state index contributed by atoms with van der Waals surface area (Å²) >= 11 is 0. The number of amides is 1. The molecule has 0 saturated carbocycles. The number of likely N-dealkylation sites (N-methyl/N-ethyl adjacent to an activating group) is 1. The van der Waals surface area contributed by atoms with Gasteiger partial charge in [-0.15, -0.1) is 0 Å². The quantitative estimate of drug-likeness (QED) is 0.344. The SMILES string of the molecule is CC(C)=CCC/C(C)=C/CC/C(C)=C/CC/C(C)=C/C(=O)N(C)C. The lowest BCUT2D eigenvalue weighted by Gasteiger charge is -2.07. The summed E-state index contributed by atoms with van der Waals surface area (Å²) in [5.74, 6) is 0.0712. The molecule has 0 radical (unpaired) electrons. The largest absolute Gasteiger partial charge is 0.345 e. The number of hydrogen-bond donors (Lipinski definition) is 0. The molecule has 0 unspecified atom stereocenters. The summed E-state index contributed by atoms with van der Waals surface area (Å²) < 4.78 is 0. The number of rotatable bonds is 10. The fourth-order valence-corrected chi connectivity index (χ4v) is 2.30. The molecule has 0 saturated heterocycles. The normalized spacial score (nSPS) is 13.0. The number of nitrogens with zero attached hydrogens (tertiary/aromatic N) is 1. The van der Waals surface area contributed by atoms with Crippen molar-refractivity contribution in [1.82, 2.24) is 4.90 Å². The minimum atomic E-state index is 0.0712. The van der Waals surface area contributed by atoms with Gasteiger partial charge in [0.25, 0.3) is 0 Å². The molecule has 0 bridgehead atoms. The molecule has 24 heavy (non-hydrogen) atoms. The van der Waals surface area contributed by atoms with E-state index < -0.39 is 0 Å². The van der Waals surface area contributed by atoms with Gasteiger partial charge in [0.2, 0.25) is 5.91 Å². The molecule has 136 valence electrons. The van der Waals surface area contributed by atoms with Gasteiger partial charge in [-0.05, 0) is 73.1 Å². The highest BCUT2D eigenvalue weighted by atomic mass is 16.2. The maximum Gasteiger partial charge on any atom is 0.245 e. The minimum Gasteiger partial charge on any atom is -0.345 e. The molecule has 0 rings (SSSR count). The Morgan fingerprint density at radius 3 is 1.54 bits per heavy atom. The highest BCUT2D eigenvalue weighted by Gasteiger charge is 1.99. The van der Waals surface area contributed by atoms with Crippen LogP contribution in [0.5, 0.6) is 0 Å². The molecule has 2 nitrogen and oxygen atoms in total. The molecule has 0 aliphatic heterocycles. The third-order valence-corrected chi connectivity index (χ3v) is 3.96. The van der Waals surface area contributed by atoms with Crippen LogP contribution in [0.3, 0.4) is 0 Å². The van der Waals surface area contributed by atoms with E-state index in [1.54, 1.807) is 25.1 Å². The second-order valence-corrected chi connectivity index (χ2v) is 7.22. The van der Waals surface area contributed by atoms with Crippen molar-refractivity contribution in [1.29, 1.82) is 0 Å². The highest BCUT2D eigenvalue weighted by molar-refractivity contribution is 5.87. The molecular formula is C22H37NO. The van der Waals surface area contributed by atoms with Gasteiger partial charge in [-0.2, -0.15) is 0 Å². The predicted molar refractivity (Wildman–Crippen MR) is 107 cm³/mol. The summed E-state index contributed by atoms with van der Waals surface area (Å²) in [7, 11) is 3.57. The molecule has 0 aliphatic rings. The standard InChI is InChI=1S/C22H37NO/c1-18(2)11-8-12-19(3)13-9-14-20(4)15-10-16-21(5)17-22(24)23(6)7/h11,13,15,17H,8-10,12,14,16H2,1-7H3/b19-13+,20-15+,21-17+. The molecule has 2 heteroatoms. The fourth-order valence-electron chi connectivity index (χ4n) is 2.30. The van der Waals surface area contributed by atoms with Gasteiger partial charge < -0.3 is 4.90 Å². The van der Waals surface area contributed by atoms with E-state index in [2.05, 4.69) is 45.9 Å². The molecule has 0 fully saturated rings. The number of carbonyl (C=O) groups excluding carboxylic acids is 1. The molecule has 1 amide bonds. The zero-order chi connectivity index (χ0) is 18.5. The van der Waals surface area contributed by atoms with Gasteiger partial charge >= 0.3 is 0 Å². The Kier molecular flexibility index (Phi) is 12.0.